The zero-order valence-electron chi connectivity index (χ0n) is 12.4. The maximum atomic E-state index is 5.96. The van der Waals surface area contributed by atoms with Crippen LogP contribution in [0.3, 0.4) is 0 Å². The first kappa shape index (κ1) is 15.8. The van der Waals surface area contributed by atoms with E-state index in [0.29, 0.717) is 22.3 Å². The molecule has 1 fully saturated rings. The molecular weight excluding hydrogens is 315 g/mol. The molecule has 2 nitrogen and oxygen atoms in total. The Hall–Kier alpha value is -1.09. The van der Waals surface area contributed by atoms with Crippen molar-refractivity contribution in [3.63, 3.8) is 0 Å². The SMILES string of the molecule is Clc1cc(CNC2CCCC2Cc2ccccc2)cc(Cl)n1. The van der Waals surface area contributed by atoms with Crippen molar-refractivity contribution in [3.8, 4) is 0 Å². The Kier molecular flexibility index (Phi) is 5.35. The van der Waals surface area contributed by atoms with E-state index in [9.17, 15) is 0 Å². The second kappa shape index (κ2) is 7.45. The number of aromatic nitrogens is 1. The maximum Gasteiger partial charge on any atom is 0.131 e. The average Bonchev–Trinajstić information content (AvgIpc) is 2.92. The summed E-state index contributed by atoms with van der Waals surface area (Å²) >= 11 is 11.9. The highest BCUT2D eigenvalue weighted by Crippen LogP contribution is 2.29. The average molecular weight is 335 g/mol. The van der Waals surface area contributed by atoms with E-state index < -0.39 is 0 Å². The van der Waals surface area contributed by atoms with Crippen molar-refractivity contribution in [2.45, 2.75) is 38.3 Å². The molecule has 1 N–H and O–H groups in total. The molecule has 0 amide bonds. The van der Waals surface area contributed by atoms with Gasteiger partial charge < -0.3 is 5.32 Å². The number of nitrogens with zero attached hydrogens (tertiary/aromatic N) is 1. The van der Waals surface area contributed by atoms with Crippen LogP contribution in [-0.2, 0) is 13.0 Å². The number of nitrogens with one attached hydrogen (secondary N) is 1. The van der Waals surface area contributed by atoms with Gasteiger partial charge in [0.15, 0.2) is 0 Å². The summed E-state index contributed by atoms with van der Waals surface area (Å²) in [6, 6.07) is 15.1. The van der Waals surface area contributed by atoms with Crippen molar-refractivity contribution in [2.24, 2.45) is 5.92 Å². The van der Waals surface area contributed by atoms with E-state index in [1.54, 1.807) is 0 Å². The summed E-state index contributed by atoms with van der Waals surface area (Å²) in [7, 11) is 0. The number of hydrogen-bond donors (Lipinski definition) is 1. The quantitative estimate of drug-likeness (QED) is 0.787. The first-order valence-corrected chi connectivity index (χ1v) is 8.55. The molecule has 1 heterocycles. The van der Waals surface area contributed by atoms with Gasteiger partial charge in [-0.15, -0.1) is 0 Å². The second-order valence-electron chi connectivity index (χ2n) is 5.99. The van der Waals surface area contributed by atoms with Crippen molar-refractivity contribution in [2.75, 3.05) is 0 Å². The van der Waals surface area contributed by atoms with Crippen LogP contribution >= 0.6 is 23.2 Å². The molecule has 2 unspecified atom stereocenters. The molecule has 2 aromatic rings. The first-order valence-electron chi connectivity index (χ1n) is 7.80. The standard InChI is InChI=1S/C18H20Cl2N2/c19-17-10-14(11-18(20)22-17)12-21-16-8-4-7-15(16)9-13-5-2-1-3-6-13/h1-3,5-6,10-11,15-16,21H,4,7-9,12H2. The predicted molar refractivity (Wildman–Crippen MR) is 92.4 cm³/mol. The van der Waals surface area contributed by atoms with Crippen LogP contribution in [0.1, 0.15) is 30.4 Å². The van der Waals surface area contributed by atoms with Crippen molar-refractivity contribution in [3.05, 3.63) is 63.9 Å². The van der Waals surface area contributed by atoms with Gasteiger partial charge in [0.2, 0.25) is 0 Å². The van der Waals surface area contributed by atoms with Gasteiger partial charge in [0.05, 0.1) is 0 Å². The van der Waals surface area contributed by atoms with Crippen LogP contribution in [0.5, 0.6) is 0 Å². The normalized spacial score (nSPS) is 21.2. The van der Waals surface area contributed by atoms with Gasteiger partial charge in [-0.25, -0.2) is 4.98 Å². The zero-order valence-corrected chi connectivity index (χ0v) is 13.9. The van der Waals surface area contributed by atoms with Gasteiger partial charge in [-0.05, 0) is 48.4 Å². The Bertz CT molecular complexity index is 595. The Morgan fingerprint density at radius 2 is 1.73 bits per heavy atom. The number of hydrogen-bond acceptors (Lipinski definition) is 2. The number of pyridine rings is 1. The molecule has 2 atom stereocenters. The molecule has 116 valence electrons. The van der Waals surface area contributed by atoms with Gasteiger partial charge >= 0.3 is 0 Å². The minimum atomic E-state index is 0.455. The van der Waals surface area contributed by atoms with Crippen LogP contribution in [0.25, 0.3) is 0 Å². The number of rotatable bonds is 5. The highest BCUT2D eigenvalue weighted by atomic mass is 35.5. The third-order valence-corrected chi connectivity index (χ3v) is 4.78. The molecule has 1 aromatic carbocycles. The molecular formula is C18H20Cl2N2. The Morgan fingerprint density at radius 1 is 1.00 bits per heavy atom. The van der Waals surface area contributed by atoms with E-state index in [1.807, 2.05) is 12.1 Å². The van der Waals surface area contributed by atoms with Crippen LogP contribution in [0.2, 0.25) is 10.3 Å². The van der Waals surface area contributed by atoms with Gasteiger partial charge in [0, 0.05) is 12.6 Å². The van der Waals surface area contributed by atoms with Crippen molar-refractivity contribution >= 4 is 23.2 Å². The van der Waals surface area contributed by atoms with E-state index in [2.05, 4.69) is 40.6 Å². The third kappa shape index (κ3) is 4.22. The largest absolute Gasteiger partial charge is 0.310 e. The van der Waals surface area contributed by atoms with Gasteiger partial charge in [-0.3, -0.25) is 0 Å². The molecule has 4 heteroatoms. The minimum Gasteiger partial charge on any atom is -0.310 e. The molecule has 0 saturated heterocycles. The smallest absolute Gasteiger partial charge is 0.131 e. The van der Waals surface area contributed by atoms with Crippen molar-refractivity contribution in [1.82, 2.24) is 10.3 Å². The summed E-state index contributed by atoms with van der Waals surface area (Å²) in [5.74, 6) is 0.704. The fraction of sp³-hybridized carbons (Fsp3) is 0.389. The summed E-state index contributed by atoms with van der Waals surface area (Å²) in [6.07, 6.45) is 4.98. The van der Waals surface area contributed by atoms with E-state index in [-0.39, 0.29) is 0 Å². The lowest BCUT2D eigenvalue weighted by molar-refractivity contribution is 0.397. The third-order valence-electron chi connectivity index (χ3n) is 4.39. The van der Waals surface area contributed by atoms with Crippen LogP contribution < -0.4 is 5.32 Å². The van der Waals surface area contributed by atoms with Crippen LogP contribution in [0.4, 0.5) is 0 Å². The lowest BCUT2D eigenvalue weighted by Gasteiger charge is -2.21. The number of benzene rings is 1. The fourth-order valence-electron chi connectivity index (χ4n) is 3.33. The molecule has 1 aliphatic carbocycles. The topological polar surface area (TPSA) is 24.9 Å². The molecule has 0 spiro atoms. The lowest BCUT2D eigenvalue weighted by Crippen LogP contribution is -2.33. The van der Waals surface area contributed by atoms with Gasteiger partial charge in [0.1, 0.15) is 10.3 Å². The van der Waals surface area contributed by atoms with Gasteiger partial charge in [-0.1, -0.05) is 60.0 Å². The van der Waals surface area contributed by atoms with E-state index in [1.165, 1.54) is 24.8 Å². The molecule has 1 aliphatic rings. The Balaban J connectivity index is 1.59. The zero-order chi connectivity index (χ0) is 15.4. The molecule has 1 aromatic heterocycles. The maximum absolute atomic E-state index is 5.96. The fourth-order valence-corrected chi connectivity index (χ4v) is 3.84. The minimum absolute atomic E-state index is 0.455. The summed E-state index contributed by atoms with van der Waals surface area (Å²) in [6.45, 7) is 0.790. The molecule has 22 heavy (non-hydrogen) atoms. The van der Waals surface area contributed by atoms with E-state index >= 15 is 0 Å². The monoisotopic (exact) mass is 334 g/mol. The highest BCUT2D eigenvalue weighted by Gasteiger charge is 2.26. The molecule has 3 rings (SSSR count). The lowest BCUT2D eigenvalue weighted by atomic mass is 9.94. The summed E-state index contributed by atoms with van der Waals surface area (Å²) < 4.78 is 0. The summed E-state index contributed by atoms with van der Waals surface area (Å²) in [5.41, 5.74) is 2.52. The molecule has 1 saturated carbocycles. The Labute approximate surface area is 141 Å². The molecule has 0 bridgehead atoms. The van der Waals surface area contributed by atoms with Crippen LogP contribution in [0.15, 0.2) is 42.5 Å². The van der Waals surface area contributed by atoms with Crippen LogP contribution in [0, 0.1) is 5.92 Å². The van der Waals surface area contributed by atoms with E-state index in [0.717, 1.165) is 18.5 Å². The van der Waals surface area contributed by atoms with E-state index in [4.69, 9.17) is 23.2 Å². The summed E-state index contributed by atoms with van der Waals surface area (Å²) in [5, 5.41) is 4.59. The van der Waals surface area contributed by atoms with Gasteiger partial charge in [-0.2, -0.15) is 0 Å². The molecule has 0 radical (unpaired) electrons. The first-order chi connectivity index (χ1) is 10.7. The predicted octanol–water partition coefficient (Wildman–Crippen LogP) is 4.89. The summed E-state index contributed by atoms with van der Waals surface area (Å²) in [4.78, 5) is 3.99. The molecule has 0 aliphatic heterocycles. The second-order valence-corrected chi connectivity index (χ2v) is 6.76. The van der Waals surface area contributed by atoms with Crippen LogP contribution in [-0.4, -0.2) is 11.0 Å². The highest BCUT2D eigenvalue weighted by molar-refractivity contribution is 6.32. The number of halogens is 2. The Morgan fingerprint density at radius 3 is 2.45 bits per heavy atom. The van der Waals surface area contributed by atoms with Crippen molar-refractivity contribution in [1.29, 1.82) is 0 Å². The van der Waals surface area contributed by atoms with Gasteiger partial charge in [0.25, 0.3) is 0 Å². The van der Waals surface area contributed by atoms with Crippen molar-refractivity contribution < 1.29 is 0 Å².